The van der Waals surface area contributed by atoms with E-state index in [1.165, 1.54) is 11.0 Å². The Morgan fingerprint density at radius 2 is 1.87 bits per heavy atom. The van der Waals surface area contributed by atoms with Crippen LogP contribution in [0.1, 0.15) is 20.3 Å². The zero-order valence-corrected chi connectivity index (χ0v) is 17.0. The molecule has 0 aliphatic carbocycles. The Morgan fingerprint density at radius 3 is 2.53 bits per heavy atom. The van der Waals surface area contributed by atoms with Crippen molar-refractivity contribution >= 4 is 29.0 Å². The van der Waals surface area contributed by atoms with Crippen LogP contribution in [0.5, 0.6) is 0 Å². The second-order valence-electron chi connectivity index (χ2n) is 7.91. The first-order chi connectivity index (χ1) is 14.4. The van der Waals surface area contributed by atoms with Crippen molar-refractivity contribution in [1.29, 1.82) is 0 Å². The zero-order chi connectivity index (χ0) is 21.3. The average Bonchev–Trinajstić information content (AvgIpc) is 3.10. The molecule has 0 radical (unpaired) electrons. The second kappa shape index (κ2) is 8.39. The molecule has 2 aromatic rings. The molecule has 30 heavy (non-hydrogen) atoms. The fourth-order valence-corrected chi connectivity index (χ4v) is 4.04. The summed E-state index contributed by atoms with van der Waals surface area (Å²) in [6.07, 6.45) is 1.93. The van der Waals surface area contributed by atoms with E-state index in [1.54, 1.807) is 30.5 Å². The van der Waals surface area contributed by atoms with Gasteiger partial charge in [-0.15, -0.1) is 0 Å². The van der Waals surface area contributed by atoms with Crippen molar-refractivity contribution in [3.8, 4) is 0 Å². The van der Waals surface area contributed by atoms with Crippen LogP contribution < -0.4 is 15.1 Å². The molecule has 158 valence electrons. The van der Waals surface area contributed by atoms with Crippen molar-refractivity contribution in [2.75, 3.05) is 34.8 Å². The summed E-state index contributed by atoms with van der Waals surface area (Å²) < 4.78 is 19.8. The van der Waals surface area contributed by atoms with Crippen molar-refractivity contribution in [1.82, 2.24) is 4.98 Å². The Morgan fingerprint density at radius 1 is 1.13 bits per heavy atom. The smallest absolute Gasteiger partial charge is 0.229 e. The molecule has 2 saturated heterocycles. The summed E-state index contributed by atoms with van der Waals surface area (Å²) in [6.45, 7) is 5.74. The monoisotopic (exact) mass is 412 g/mol. The minimum Gasteiger partial charge on any atom is -0.372 e. The summed E-state index contributed by atoms with van der Waals surface area (Å²) in [5, 5.41) is 2.82. The lowest BCUT2D eigenvalue weighted by atomic mass is 10.1. The maximum absolute atomic E-state index is 14.0. The highest BCUT2D eigenvalue weighted by Gasteiger charge is 2.36. The molecule has 2 aliphatic heterocycles. The van der Waals surface area contributed by atoms with E-state index < -0.39 is 11.7 Å². The van der Waals surface area contributed by atoms with Crippen LogP contribution in [0.25, 0.3) is 0 Å². The molecular formula is C22H25FN4O3. The molecule has 3 unspecified atom stereocenters. The topological polar surface area (TPSA) is 74.8 Å². The SMILES string of the molecule is CC1CN(c2ccc(NC(=O)C3CC(=O)N(c4ccccc4F)C3)cn2)CC(C)O1. The molecule has 8 heteroatoms. The third kappa shape index (κ3) is 4.28. The van der Waals surface area contributed by atoms with Gasteiger partial charge in [0, 0.05) is 26.1 Å². The largest absolute Gasteiger partial charge is 0.372 e. The second-order valence-corrected chi connectivity index (χ2v) is 7.91. The molecule has 0 bridgehead atoms. The van der Waals surface area contributed by atoms with Gasteiger partial charge in [0.05, 0.1) is 35.7 Å². The number of hydrogen-bond donors (Lipinski definition) is 1. The van der Waals surface area contributed by atoms with Crippen LogP contribution in [0, 0.1) is 11.7 Å². The highest BCUT2D eigenvalue weighted by molar-refractivity contribution is 6.03. The summed E-state index contributed by atoms with van der Waals surface area (Å²) >= 11 is 0. The number of ether oxygens (including phenoxy) is 1. The summed E-state index contributed by atoms with van der Waals surface area (Å²) in [4.78, 5) is 32.9. The molecule has 0 spiro atoms. The third-order valence-electron chi connectivity index (χ3n) is 5.40. The van der Waals surface area contributed by atoms with Crippen LogP contribution in [-0.2, 0) is 14.3 Å². The van der Waals surface area contributed by atoms with E-state index in [1.807, 2.05) is 19.9 Å². The predicted octanol–water partition coefficient (Wildman–Crippen LogP) is 2.83. The number of rotatable bonds is 4. The maximum atomic E-state index is 14.0. The number of carbonyl (C=O) groups is 2. The number of amides is 2. The molecule has 1 aromatic carbocycles. The molecule has 4 rings (SSSR count). The number of aromatic nitrogens is 1. The van der Waals surface area contributed by atoms with Crippen LogP contribution in [0.4, 0.5) is 21.6 Å². The zero-order valence-electron chi connectivity index (χ0n) is 17.0. The highest BCUT2D eigenvalue weighted by Crippen LogP contribution is 2.28. The molecule has 1 aromatic heterocycles. The molecule has 2 aliphatic rings. The number of para-hydroxylation sites is 1. The lowest BCUT2D eigenvalue weighted by Gasteiger charge is -2.36. The number of halogens is 1. The van der Waals surface area contributed by atoms with Crippen molar-refractivity contribution < 1.29 is 18.7 Å². The van der Waals surface area contributed by atoms with E-state index in [4.69, 9.17) is 4.74 Å². The summed E-state index contributed by atoms with van der Waals surface area (Å²) in [6, 6.07) is 9.76. The van der Waals surface area contributed by atoms with Gasteiger partial charge in [0.15, 0.2) is 0 Å². The van der Waals surface area contributed by atoms with E-state index >= 15 is 0 Å². The number of carbonyl (C=O) groups excluding carboxylic acids is 2. The fourth-order valence-electron chi connectivity index (χ4n) is 4.04. The Kier molecular flexibility index (Phi) is 5.67. The number of hydrogen-bond acceptors (Lipinski definition) is 5. The lowest BCUT2D eigenvalue weighted by molar-refractivity contribution is -0.122. The lowest BCUT2D eigenvalue weighted by Crippen LogP contribution is -2.45. The number of nitrogens with one attached hydrogen (secondary N) is 1. The summed E-state index contributed by atoms with van der Waals surface area (Å²) in [7, 11) is 0. The van der Waals surface area contributed by atoms with Gasteiger partial charge < -0.3 is 19.9 Å². The van der Waals surface area contributed by atoms with E-state index in [-0.39, 0.29) is 42.7 Å². The number of morpholine rings is 1. The first kappa shape index (κ1) is 20.3. The molecule has 1 N–H and O–H groups in total. The normalized spacial score (nSPS) is 24.2. The van der Waals surface area contributed by atoms with Gasteiger partial charge in [0.2, 0.25) is 11.8 Å². The number of nitrogens with zero attached hydrogens (tertiary/aromatic N) is 3. The predicted molar refractivity (Wildman–Crippen MR) is 112 cm³/mol. The van der Waals surface area contributed by atoms with Crippen LogP contribution >= 0.6 is 0 Å². The number of anilines is 3. The van der Waals surface area contributed by atoms with Crippen LogP contribution in [0.15, 0.2) is 42.6 Å². The van der Waals surface area contributed by atoms with Gasteiger partial charge in [-0.3, -0.25) is 9.59 Å². The maximum Gasteiger partial charge on any atom is 0.229 e. The molecule has 3 atom stereocenters. The number of benzene rings is 1. The van der Waals surface area contributed by atoms with Gasteiger partial charge in [-0.25, -0.2) is 9.37 Å². The van der Waals surface area contributed by atoms with Crippen LogP contribution in [-0.4, -0.2) is 48.6 Å². The molecule has 2 amide bonds. The van der Waals surface area contributed by atoms with E-state index in [0.29, 0.717) is 5.69 Å². The molecule has 0 saturated carbocycles. The molecular weight excluding hydrogens is 387 g/mol. The standard InChI is InChI=1S/C22H25FN4O3/c1-14-11-26(12-15(2)30-14)20-8-7-17(10-24-20)25-22(29)16-9-21(28)27(13-16)19-6-4-3-5-18(19)23/h3-8,10,14-16H,9,11-13H2,1-2H3,(H,25,29). The van der Waals surface area contributed by atoms with Crippen molar-refractivity contribution in [2.24, 2.45) is 5.92 Å². The van der Waals surface area contributed by atoms with Crippen molar-refractivity contribution in [3.63, 3.8) is 0 Å². The Bertz CT molecular complexity index is 926. The van der Waals surface area contributed by atoms with E-state index in [0.717, 1.165) is 18.9 Å². The Balaban J connectivity index is 1.38. The Labute approximate surface area is 174 Å². The minimum absolute atomic E-state index is 0.0508. The van der Waals surface area contributed by atoms with Crippen LogP contribution in [0.3, 0.4) is 0 Å². The fraction of sp³-hybridized carbons (Fsp3) is 0.409. The van der Waals surface area contributed by atoms with E-state index in [2.05, 4.69) is 15.2 Å². The summed E-state index contributed by atoms with van der Waals surface area (Å²) in [5.41, 5.74) is 0.771. The van der Waals surface area contributed by atoms with Gasteiger partial charge >= 0.3 is 0 Å². The first-order valence-corrected chi connectivity index (χ1v) is 10.1. The minimum atomic E-state index is -0.544. The van der Waals surface area contributed by atoms with Gasteiger partial charge in [-0.2, -0.15) is 0 Å². The average molecular weight is 412 g/mol. The van der Waals surface area contributed by atoms with Crippen LogP contribution in [0.2, 0.25) is 0 Å². The summed E-state index contributed by atoms with van der Waals surface area (Å²) in [5.74, 6) is -0.720. The third-order valence-corrected chi connectivity index (χ3v) is 5.40. The highest BCUT2D eigenvalue weighted by atomic mass is 19.1. The van der Waals surface area contributed by atoms with Gasteiger partial charge in [-0.05, 0) is 38.1 Å². The first-order valence-electron chi connectivity index (χ1n) is 10.1. The Hall–Kier alpha value is -3.00. The quantitative estimate of drug-likeness (QED) is 0.836. The van der Waals surface area contributed by atoms with Crippen molar-refractivity contribution in [2.45, 2.75) is 32.5 Å². The van der Waals surface area contributed by atoms with Crippen molar-refractivity contribution in [3.05, 3.63) is 48.4 Å². The molecule has 2 fully saturated rings. The number of pyridine rings is 1. The molecule has 7 nitrogen and oxygen atoms in total. The van der Waals surface area contributed by atoms with Gasteiger partial charge in [0.25, 0.3) is 0 Å². The van der Waals surface area contributed by atoms with Gasteiger partial charge in [-0.1, -0.05) is 12.1 Å². The molecule has 3 heterocycles. The van der Waals surface area contributed by atoms with E-state index in [9.17, 15) is 14.0 Å². The van der Waals surface area contributed by atoms with Gasteiger partial charge in [0.1, 0.15) is 11.6 Å².